The van der Waals surface area contributed by atoms with Gasteiger partial charge in [-0.05, 0) is 23.8 Å². The van der Waals surface area contributed by atoms with Crippen molar-refractivity contribution in [3.05, 3.63) is 58.6 Å². The zero-order valence-corrected chi connectivity index (χ0v) is 17.2. The maximum atomic E-state index is 12.9. The summed E-state index contributed by atoms with van der Waals surface area (Å²) >= 11 is 6.40. The summed E-state index contributed by atoms with van der Waals surface area (Å²) in [7, 11) is 1.32. The summed E-state index contributed by atoms with van der Waals surface area (Å²) in [6.07, 6.45) is 0. The molecule has 0 aromatic heterocycles. The molecule has 1 unspecified atom stereocenters. The molecule has 0 radical (unpaired) electrons. The second-order valence-electron chi connectivity index (χ2n) is 6.61. The molecule has 0 bridgehead atoms. The van der Waals surface area contributed by atoms with E-state index in [0.29, 0.717) is 31.3 Å². The van der Waals surface area contributed by atoms with Gasteiger partial charge >= 0.3 is 6.61 Å². The van der Waals surface area contributed by atoms with Gasteiger partial charge in [-0.2, -0.15) is 8.78 Å². The molecule has 1 N–H and O–H groups in total. The van der Waals surface area contributed by atoms with Crippen molar-refractivity contribution in [3.8, 4) is 11.5 Å². The van der Waals surface area contributed by atoms with Crippen molar-refractivity contribution >= 4 is 17.5 Å². The maximum absolute atomic E-state index is 12.9. The highest BCUT2D eigenvalue weighted by atomic mass is 35.5. The average molecular weight is 441 g/mol. The number of alkyl halides is 2. The number of halogens is 3. The minimum atomic E-state index is -3.09. The van der Waals surface area contributed by atoms with E-state index in [-0.39, 0.29) is 29.6 Å². The quantitative estimate of drug-likeness (QED) is 0.677. The summed E-state index contributed by atoms with van der Waals surface area (Å²) in [5.41, 5.74) is 0.839. The first kappa shape index (κ1) is 22.3. The van der Waals surface area contributed by atoms with Gasteiger partial charge in [0.2, 0.25) is 0 Å². The number of hydrogen-bond acceptors (Lipinski definition) is 5. The Labute approximate surface area is 178 Å². The van der Waals surface area contributed by atoms with Gasteiger partial charge in [-0.3, -0.25) is 9.69 Å². The van der Waals surface area contributed by atoms with Crippen LogP contribution in [0.4, 0.5) is 8.78 Å². The second kappa shape index (κ2) is 10.6. The largest absolute Gasteiger partial charge is 0.493 e. The minimum absolute atomic E-state index is 0.0328. The van der Waals surface area contributed by atoms with Crippen molar-refractivity contribution < 1.29 is 27.8 Å². The third kappa shape index (κ3) is 5.38. The van der Waals surface area contributed by atoms with Crippen LogP contribution < -0.4 is 14.8 Å². The van der Waals surface area contributed by atoms with Crippen LogP contribution in [-0.4, -0.2) is 57.4 Å². The van der Waals surface area contributed by atoms with Crippen LogP contribution in [-0.2, 0) is 4.74 Å². The fourth-order valence-corrected chi connectivity index (χ4v) is 3.68. The van der Waals surface area contributed by atoms with Gasteiger partial charge in [0, 0.05) is 24.7 Å². The summed E-state index contributed by atoms with van der Waals surface area (Å²) in [4.78, 5) is 15.0. The van der Waals surface area contributed by atoms with Crippen LogP contribution in [0.5, 0.6) is 11.5 Å². The number of para-hydroxylation sites is 1. The molecule has 0 aliphatic carbocycles. The van der Waals surface area contributed by atoms with E-state index in [1.54, 1.807) is 12.1 Å². The lowest BCUT2D eigenvalue weighted by atomic mass is 10.0. The number of rotatable bonds is 8. The third-order valence-electron chi connectivity index (χ3n) is 4.86. The zero-order chi connectivity index (χ0) is 21.5. The second-order valence-corrected chi connectivity index (χ2v) is 7.02. The van der Waals surface area contributed by atoms with Crippen LogP contribution in [0.15, 0.2) is 42.5 Å². The highest BCUT2D eigenvalue weighted by Gasteiger charge is 2.26. The highest BCUT2D eigenvalue weighted by Crippen LogP contribution is 2.33. The molecule has 2 aromatic carbocycles. The number of morpholine rings is 1. The van der Waals surface area contributed by atoms with Gasteiger partial charge in [0.05, 0.1) is 31.9 Å². The molecule has 162 valence electrons. The van der Waals surface area contributed by atoms with Crippen molar-refractivity contribution in [2.45, 2.75) is 12.7 Å². The van der Waals surface area contributed by atoms with Crippen LogP contribution in [0, 0.1) is 0 Å². The van der Waals surface area contributed by atoms with Crippen LogP contribution in [0.3, 0.4) is 0 Å². The number of carbonyl (C=O) groups excluding carboxylic acids is 1. The molecule has 1 aliphatic heterocycles. The fourth-order valence-electron chi connectivity index (χ4n) is 3.42. The standard InChI is InChI=1S/C21H23ClF2N2O4/c1-28-18-8-4-6-15(19(18)30-21(23)24)20(27)25-13-17(26-9-11-29-12-10-26)14-5-2-3-7-16(14)22/h2-8,17,21H,9-13H2,1H3,(H,25,27). The van der Waals surface area contributed by atoms with Gasteiger partial charge in [-0.25, -0.2) is 0 Å². The van der Waals surface area contributed by atoms with Crippen molar-refractivity contribution in [1.82, 2.24) is 10.2 Å². The van der Waals surface area contributed by atoms with Crippen LogP contribution >= 0.6 is 11.6 Å². The molecule has 3 rings (SSSR count). The number of nitrogens with zero attached hydrogens (tertiary/aromatic N) is 1. The molecule has 1 heterocycles. The van der Waals surface area contributed by atoms with Gasteiger partial charge in [0.25, 0.3) is 5.91 Å². The SMILES string of the molecule is COc1cccc(C(=O)NCC(c2ccccc2Cl)N2CCOCC2)c1OC(F)F. The Balaban J connectivity index is 1.82. The molecular formula is C21H23ClF2N2O4. The highest BCUT2D eigenvalue weighted by molar-refractivity contribution is 6.31. The van der Waals surface area contributed by atoms with E-state index in [1.807, 2.05) is 18.2 Å². The lowest BCUT2D eigenvalue weighted by Gasteiger charge is -2.35. The van der Waals surface area contributed by atoms with E-state index >= 15 is 0 Å². The molecule has 1 amide bonds. The first-order chi connectivity index (χ1) is 14.5. The van der Waals surface area contributed by atoms with Crippen molar-refractivity contribution in [3.63, 3.8) is 0 Å². The average Bonchev–Trinajstić information content (AvgIpc) is 2.75. The Morgan fingerprint density at radius 2 is 1.93 bits per heavy atom. The zero-order valence-electron chi connectivity index (χ0n) is 16.4. The summed E-state index contributed by atoms with van der Waals surface area (Å²) in [6, 6.07) is 11.6. The molecule has 1 aliphatic rings. The molecule has 9 heteroatoms. The van der Waals surface area contributed by atoms with E-state index < -0.39 is 12.5 Å². The van der Waals surface area contributed by atoms with Gasteiger partial charge in [-0.1, -0.05) is 35.9 Å². The number of amides is 1. The summed E-state index contributed by atoms with van der Waals surface area (Å²) < 4.78 is 40.8. The normalized spacial score (nSPS) is 15.6. The fraction of sp³-hybridized carbons (Fsp3) is 0.381. The molecule has 6 nitrogen and oxygen atoms in total. The predicted octanol–water partition coefficient (Wildman–Crippen LogP) is 3.75. The number of nitrogens with one attached hydrogen (secondary N) is 1. The van der Waals surface area contributed by atoms with Gasteiger partial charge < -0.3 is 19.5 Å². The maximum Gasteiger partial charge on any atom is 0.387 e. The molecule has 30 heavy (non-hydrogen) atoms. The molecule has 2 aromatic rings. The number of benzene rings is 2. The van der Waals surface area contributed by atoms with Gasteiger partial charge in [-0.15, -0.1) is 0 Å². The Bertz CT molecular complexity index is 863. The Hall–Kier alpha value is -2.42. The van der Waals surface area contributed by atoms with Crippen LogP contribution in [0.1, 0.15) is 22.0 Å². The molecule has 1 saturated heterocycles. The lowest BCUT2D eigenvalue weighted by Crippen LogP contribution is -2.44. The molecule has 1 fully saturated rings. The predicted molar refractivity (Wildman–Crippen MR) is 109 cm³/mol. The first-order valence-corrected chi connectivity index (χ1v) is 9.85. The number of hydrogen-bond donors (Lipinski definition) is 1. The smallest absolute Gasteiger partial charge is 0.387 e. The Morgan fingerprint density at radius 3 is 2.60 bits per heavy atom. The summed E-state index contributed by atoms with van der Waals surface area (Å²) in [5, 5.41) is 3.42. The first-order valence-electron chi connectivity index (χ1n) is 9.47. The summed E-state index contributed by atoms with van der Waals surface area (Å²) in [6.45, 7) is -0.325. The Kier molecular flexibility index (Phi) is 7.84. The molecule has 0 spiro atoms. The lowest BCUT2D eigenvalue weighted by molar-refractivity contribution is -0.0515. The monoisotopic (exact) mass is 440 g/mol. The number of ether oxygens (including phenoxy) is 3. The van der Waals surface area contributed by atoms with E-state index in [1.165, 1.54) is 19.2 Å². The van der Waals surface area contributed by atoms with E-state index in [0.717, 1.165) is 5.56 Å². The minimum Gasteiger partial charge on any atom is -0.493 e. The molecule has 0 saturated carbocycles. The van der Waals surface area contributed by atoms with Crippen molar-refractivity contribution in [2.24, 2.45) is 0 Å². The Morgan fingerprint density at radius 1 is 1.20 bits per heavy atom. The third-order valence-corrected chi connectivity index (χ3v) is 5.20. The van der Waals surface area contributed by atoms with E-state index in [9.17, 15) is 13.6 Å². The summed E-state index contributed by atoms with van der Waals surface area (Å²) in [5.74, 6) is -0.790. The topological polar surface area (TPSA) is 60.0 Å². The molecule has 1 atom stereocenters. The molecular weight excluding hydrogens is 418 g/mol. The van der Waals surface area contributed by atoms with Crippen LogP contribution in [0.2, 0.25) is 5.02 Å². The van der Waals surface area contributed by atoms with Gasteiger partial charge in [0.1, 0.15) is 0 Å². The van der Waals surface area contributed by atoms with Gasteiger partial charge in [0.15, 0.2) is 11.5 Å². The van der Waals surface area contributed by atoms with E-state index in [4.69, 9.17) is 21.1 Å². The number of carbonyl (C=O) groups is 1. The van der Waals surface area contributed by atoms with Crippen molar-refractivity contribution in [1.29, 1.82) is 0 Å². The van der Waals surface area contributed by atoms with Crippen molar-refractivity contribution in [2.75, 3.05) is 40.0 Å². The van der Waals surface area contributed by atoms with E-state index in [2.05, 4.69) is 15.0 Å². The van der Waals surface area contributed by atoms with Crippen LogP contribution in [0.25, 0.3) is 0 Å². The number of methoxy groups -OCH3 is 1.